The van der Waals surface area contributed by atoms with Gasteiger partial charge in [0.2, 0.25) is 11.8 Å². The minimum absolute atomic E-state index is 0.0150. The van der Waals surface area contributed by atoms with Crippen LogP contribution in [0.25, 0.3) is 33.2 Å². The van der Waals surface area contributed by atoms with Crippen molar-refractivity contribution in [1.82, 2.24) is 40.4 Å². The number of fused-ring (bicyclic) bond motifs is 2. The second-order valence-corrected chi connectivity index (χ2v) is 14.8. The third-order valence-corrected chi connectivity index (χ3v) is 10.6. The summed E-state index contributed by atoms with van der Waals surface area (Å²) >= 11 is 0. The number of nitrogens with zero attached hydrogens (tertiary/aromatic N) is 4. The highest BCUT2D eigenvalue weighted by Crippen LogP contribution is 2.39. The molecule has 0 unspecified atom stereocenters. The molecule has 4 heterocycles. The summed E-state index contributed by atoms with van der Waals surface area (Å²) in [6.45, 7) is 11.7. The second-order valence-electron chi connectivity index (χ2n) is 14.8. The Morgan fingerprint density at radius 1 is 0.673 bits per heavy atom. The monoisotopic (exact) mass is 714 g/mol. The summed E-state index contributed by atoms with van der Waals surface area (Å²) in [5, 5.41) is 5.44. The smallest absolute Gasteiger partial charge is 0.407 e. The number of ether oxygens (including phenoxy) is 2. The Morgan fingerprint density at radius 2 is 1.06 bits per heavy atom. The number of aromatic amines is 2. The van der Waals surface area contributed by atoms with E-state index < -0.39 is 24.3 Å². The molecule has 278 valence electrons. The zero-order valence-electron chi connectivity index (χ0n) is 31.1. The van der Waals surface area contributed by atoms with E-state index in [0.717, 1.165) is 58.9 Å². The number of benzene rings is 2. The molecule has 0 bridgehead atoms. The number of H-pyrrole nitrogens is 2. The fourth-order valence-corrected chi connectivity index (χ4v) is 7.70. The molecule has 14 nitrogen and oxygen atoms in total. The van der Waals surface area contributed by atoms with Gasteiger partial charge in [-0.15, -0.1) is 0 Å². The summed E-state index contributed by atoms with van der Waals surface area (Å²) < 4.78 is 9.58. The summed E-state index contributed by atoms with van der Waals surface area (Å²) in [6, 6.07) is 10.2. The number of carbonyl (C=O) groups excluding carboxylic acids is 4. The number of aromatic nitrogens is 4. The van der Waals surface area contributed by atoms with Crippen molar-refractivity contribution in [2.75, 3.05) is 14.2 Å². The molecule has 0 saturated carbocycles. The van der Waals surface area contributed by atoms with Gasteiger partial charge in [0.25, 0.3) is 0 Å². The molecule has 2 aromatic heterocycles. The highest BCUT2D eigenvalue weighted by Gasteiger charge is 2.42. The Bertz CT molecular complexity index is 1830. The minimum Gasteiger partial charge on any atom is -0.453 e. The lowest BCUT2D eigenvalue weighted by Gasteiger charge is -2.32. The molecule has 2 aliphatic rings. The number of hydrogen-bond acceptors (Lipinski definition) is 8. The van der Waals surface area contributed by atoms with Gasteiger partial charge in [0.15, 0.2) is 0 Å². The molecular formula is C38H50N8O6. The summed E-state index contributed by atoms with van der Waals surface area (Å²) in [7, 11) is 2.58. The Morgan fingerprint density at radius 3 is 1.40 bits per heavy atom. The van der Waals surface area contributed by atoms with Crippen LogP contribution in [0.1, 0.15) is 91.0 Å². The van der Waals surface area contributed by atoms with Gasteiger partial charge in [-0.25, -0.2) is 19.6 Å². The Balaban J connectivity index is 1.25. The van der Waals surface area contributed by atoms with E-state index in [1.807, 2.05) is 75.6 Å². The maximum absolute atomic E-state index is 13.8. The lowest BCUT2D eigenvalue weighted by Crippen LogP contribution is -2.52. The predicted octanol–water partition coefficient (Wildman–Crippen LogP) is 5.97. The Labute approximate surface area is 303 Å². The maximum atomic E-state index is 13.8. The van der Waals surface area contributed by atoms with Crippen LogP contribution in [0.4, 0.5) is 9.59 Å². The van der Waals surface area contributed by atoms with Crippen LogP contribution in [0.5, 0.6) is 0 Å². The highest BCUT2D eigenvalue weighted by molar-refractivity contribution is 5.89. The first kappa shape index (κ1) is 36.6. The van der Waals surface area contributed by atoms with E-state index >= 15 is 0 Å². The number of imidazole rings is 2. The molecule has 0 radical (unpaired) electrons. The zero-order valence-corrected chi connectivity index (χ0v) is 31.1. The first-order valence-corrected chi connectivity index (χ1v) is 18.1. The second kappa shape index (κ2) is 14.8. The molecule has 0 spiro atoms. The van der Waals surface area contributed by atoms with Gasteiger partial charge < -0.3 is 39.9 Å². The average molecular weight is 715 g/mol. The van der Waals surface area contributed by atoms with E-state index in [-0.39, 0.29) is 47.8 Å². The number of methoxy groups -OCH3 is 2. The van der Waals surface area contributed by atoms with Crippen LogP contribution in [0.15, 0.2) is 36.4 Å². The maximum Gasteiger partial charge on any atom is 0.407 e. The molecule has 4 amide bonds. The third kappa shape index (κ3) is 7.02. The molecule has 14 heteroatoms. The molecule has 0 aliphatic carbocycles. The van der Waals surface area contributed by atoms with Crippen LogP contribution in [0, 0.1) is 11.8 Å². The molecule has 4 aromatic rings. The Hall–Kier alpha value is -5.14. The average Bonchev–Trinajstić information content (AvgIpc) is 3.91. The van der Waals surface area contributed by atoms with Gasteiger partial charge in [0.1, 0.15) is 23.7 Å². The van der Waals surface area contributed by atoms with E-state index in [1.165, 1.54) is 14.2 Å². The zero-order chi connectivity index (χ0) is 37.4. The summed E-state index contributed by atoms with van der Waals surface area (Å²) in [4.78, 5) is 72.2. The van der Waals surface area contributed by atoms with E-state index in [4.69, 9.17) is 19.4 Å². The van der Waals surface area contributed by atoms with Crippen molar-refractivity contribution in [3.05, 3.63) is 48.0 Å². The number of carbonyl (C=O) groups is 4. The number of alkyl carbamates (subject to hydrolysis) is 2. The third-order valence-electron chi connectivity index (χ3n) is 10.6. The SMILES string of the molecule is COC(=O)N[C@H](C(=O)N1[C@@H](C)CC[C@H]1c1nc2ccc(-c3ccc4nc([C@@H]5CC[C@H](C)N5C(=O)[C@@H](NC(=O)OC)C(C)C)[nH]c4c3)cc2[nH]1)C(C)C. The van der Waals surface area contributed by atoms with E-state index in [9.17, 15) is 19.2 Å². The van der Waals surface area contributed by atoms with Crippen LogP contribution in [-0.2, 0) is 19.1 Å². The number of amides is 4. The number of hydrogen-bond donors (Lipinski definition) is 4. The first-order chi connectivity index (χ1) is 24.8. The van der Waals surface area contributed by atoms with Crippen molar-refractivity contribution >= 4 is 46.1 Å². The topological polar surface area (TPSA) is 175 Å². The summed E-state index contributed by atoms with van der Waals surface area (Å²) in [5.74, 6) is 0.868. The van der Waals surface area contributed by atoms with Gasteiger partial charge in [-0.05, 0) is 86.8 Å². The lowest BCUT2D eigenvalue weighted by molar-refractivity contribution is -0.138. The van der Waals surface area contributed by atoms with Gasteiger partial charge in [-0.1, -0.05) is 39.8 Å². The number of rotatable bonds is 9. The molecular weight excluding hydrogens is 664 g/mol. The van der Waals surface area contributed by atoms with Gasteiger partial charge in [0.05, 0.1) is 48.4 Å². The van der Waals surface area contributed by atoms with Crippen molar-refractivity contribution < 1.29 is 28.7 Å². The minimum atomic E-state index is -0.717. The van der Waals surface area contributed by atoms with Crippen LogP contribution in [0.3, 0.4) is 0 Å². The van der Waals surface area contributed by atoms with Gasteiger partial charge in [0, 0.05) is 12.1 Å². The molecule has 4 N–H and O–H groups in total. The van der Waals surface area contributed by atoms with Crippen molar-refractivity contribution in [3.8, 4) is 11.1 Å². The summed E-state index contributed by atoms with van der Waals surface area (Å²) in [5.41, 5.74) is 5.26. The van der Waals surface area contributed by atoms with E-state index in [1.54, 1.807) is 0 Å². The van der Waals surface area contributed by atoms with Crippen LogP contribution >= 0.6 is 0 Å². The van der Waals surface area contributed by atoms with Crippen molar-refractivity contribution in [3.63, 3.8) is 0 Å². The standard InChI is InChI=1S/C38H50N8O6/c1-19(2)31(43-37(49)51-7)35(47)45-21(5)9-15-29(45)33-39-25-13-11-23(17-27(25)41-33)24-12-14-26-28(18-24)42-34(40-26)30-16-10-22(6)46(30)36(48)32(20(3)4)44-38(50)52-8/h11-14,17-22,29-32H,9-10,15-16H2,1-8H3,(H,39,41)(H,40,42)(H,43,49)(H,44,50)/t21-,22-,29-,30-,31-,32-/m0/s1. The summed E-state index contributed by atoms with van der Waals surface area (Å²) in [6.07, 6.45) is 1.89. The van der Waals surface area contributed by atoms with Crippen LogP contribution in [-0.4, -0.2) is 92.1 Å². The molecule has 52 heavy (non-hydrogen) atoms. The molecule has 6 atom stereocenters. The largest absolute Gasteiger partial charge is 0.453 e. The first-order valence-electron chi connectivity index (χ1n) is 18.1. The molecule has 2 fully saturated rings. The van der Waals surface area contributed by atoms with Crippen molar-refractivity contribution in [1.29, 1.82) is 0 Å². The normalized spacial score (nSPS) is 21.6. The Kier molecular flexibility index (Phi) is 10.5. The van der Waals surface area contributed by atoms with Gasteiger partial charge in [-0.3, -0.25) is 9.59 Å². The molecule has 2 aliphatic heterocycles. The lowest BCUT2D eigenvalue weighted by atomic mass is 10.0. The molecule has 2 saturated heterocycles. The van der Waals surface area contributed by atoms with Crippen LogP contribution in [0.2, 0.25) is 0 Å². The van der Waals surface area contributed by atoms with Crippen LogP contribution < -0.4 is 10.6 Å². The quantitative estimate of drug-likeness (QED) is 0.164. The van der Waals surface area contributed by atoms with Crippen molar-refractivity contribution in [2.45, 2.75) is 103 Å². The van der Waals surface area contributed by atoms with E-state index in [0.29, 0.717) is 11.6 Å². The molecule has 6 rings (SSSR count). The van der Waals surface area contributed by atoms with Gasteiger partial charge in [-0.2, -0.15) is 0 Å². The van der Waals surface area contributed by atoms with Crippen molar-refractivity contribution in [2.24, 2.45) is 11.8 Å². The highest BCUT2D eigenvalue weighted by atomic mass is 16.5. The number of nitrogens with one attached hydrogen (secondary N) is 4. The fraction of sp³-hybridized carbons (Fsp3) is 0.526. The fourth-order valence-electron chi connectivity index (χ4n) is 7.70. The van der Waals surface area contributed by atoms with E-state index in [2.05, 4.69) is 32.7 Å². The number of likely N-dealkylation sites (tertiary alicyclic amines) is 2. The van der Waals surface area contributed by atoms with Gasteiger partial charge >= 0.3 is 12.2 Å². The molecule has 2 aromatic carbocycles. The predicted molar refractivity (Wildman–Crippen MR) is 196 cm³/mol.